The second-order valence-electron chi connectivity index (χ2n) is 6.01. The summed E-state index contributed by atoms with van der Waals surface area (Å²) in [6.45, 7) is 0.473. The third-order valence-electron chi connectivity index (χ3n) is 4.05. The molecule has 1 heterocycles. The Balaban J connectivity index is 1.74. The van der Waals surface area contributed by atoms with Gasteiger partial charge in [-0.1, -0.05) is 12.1 Å². The van der Waals surface area contributed by atoms with E-state index in [0.29, 0.717) is 24.1 Å². The number of nitro groups is 1. The number of anilines is 1. The minimum atomic E-state index is -0.771. The van der Waals surface area contributed by atoms with Gasteiger partial charge in [0.1, 0.15) is 18.1 Å². The molecule has 0 radical (unpaired) electrons. The first-order valence-corrected chi connectivity index (χ1v) is 8.66. The van der Waals surface area contributed by atoms with Crippen molar-refractivity contribution in [3.63, 3.8) is 0 Å². The highest BCUT2D eigenvalue weighted by Crippen LogP contribution is 2.26. The van der Waals surface area contributed by atoms with E-state index >= 15 is 0 Å². The maximum Gasteiger partial charge on any atom is 0.338 e. The summed E-state index contributed by atoms with van der Waals surface area (Å²) in [5.41, 5.74) is 0.155. The number of hydrogen-bond acceptors (Lipinski definition) is 8. The van der Waals surface area contributed by atoms with E-state index in [2.05, 4.69) is 15.3 Å². The van der Waals surface area contributed by atoms with Gasteiger partial charge >= 0.3 is 5.97 Å². The molecular formula is C19H18N4O6. The van der Waals surface area contributed by atoms with Gasteiger partial charge in [-0.2, -0.15) is 0 Å². The fourth-order valence-corrected chi connectivity index (χ4v) is 2.67. The molecule has 0 unspecified atom stereocenters. The van der Waals surface area contributed by atoms with Crippen molar-refractivity contribution >= 4 is 28.2 Å². The molecule has 0 fully saturated rings. The Morgan fingerprint density at radius 2 is 2.07 bits per heavy atom. The molecule has 2 aromatic carbocycles. The van der Waals surface area contributed by atoms with Crippen LogP contribution >= 0.6 is 0 Å². The Morgan fingerprint density at radius 1 is 1.28 bits per heavy atom. The van der Waals surface area contributed by atoms with Crippen LogP contribution in [0.5, 0.6) is 0 Å². The van der Waals surface area contributed by atoms with Crippen LogP contribution in [-0.4, -0.2) is 41.1 Å². The number of nitro benzene ring substituents is 1. The molecule has 10 nitrogen and oxygen atoms in total. The largest absolute Gasteiger partial charge is 0.454 e. The van der Waals surface area contributed by atoms with Crippen molar-refractivity contribution in [1.29, 1.82) is 0 Å². The molecule has 0 aliphatic carbocycles. The number of esters is 1. The molecule has 3 aromatic rings. The van der Waals surface area contributed by atoms with Gasteiger partial charge in [-0.3, -0.25) is 14.9 Å². The lowest BCUT2D eigenvalue weighted by atomic mass is 10.1. The molecular weight excluding hydrogens is 380 g/mol. The smallest absolute Gasteiger partial charge is 0.338 e. The summed E-state index contributed by atoms with van der Waals surface area (Å²) in [5, 5.41) is 14.6. The summed E-state index contributed by atoms with van der Waals surface area (Å²) >= 11 is 0. The molecule has 0 saturated heterocycles. The molecule has 150 valence electrons. The predicted octanol–water partition coefficient (Wildman–Crippen LogP) is 2.25. The number of ether oxygens (including phenoxy) is 2. The van der Waals surface area contributed by atoms with Crippen molar-refractivity contribution < 1.29 is 19.2 Å². The van der Waals surface area contributed by atoms with E-state index < -0.39 is 10.9 Å². The Morgan fingerprint density at radius 3 is 2.83 bits per heavy atom. The van der Waals surface area contributed by atoms with Crippen LogP contribution in [0.2, 0.25) is 0 Å². The van der Waals surface area contributed by atoms with Crippen molar-refractivity contribution in [3.05, 3.63) is 74.3 Å². The van der Waals surface area contributed by atoms with Crippen LogP contribution in [0.4, 0.5) is 11.4 Å². The zero-order valence-electron chi connectivity index (χ0n) is 15.5. The topological polar surface area (TPSA) is 136 Å². The van der Waals surface area contributed by atoms with Crippen LogP contribution in [0.1, 0.15) is 16.2 Å². The van der Waals surface area contributed by atoms with Gasteiger partial charge in [0.05, 0.1) is 28.0 Å². The average Bonchev–Trinajstić information content (AvgIpc) is 2.72. The first-order chi connectivity index (χ1) is 14.0. The molecule has 3 rings (SSSR count). The van der Waals surface area contributed by atoms with Gasteiger partial charge in [-0.05, 0) is 24.3 Å². The minimum absolute atomic E-state index is 0.0112. The van der Waals surface area contributed by atoms with Crippen LogP contribution in [0.15, 0.2) is 47.3 Å². The summed E-state index contributed by atoms with van der Waals surface area (Å²) in [6.07, 6.45) is 0. The monoisotopic (exact) mass is 398 g/mol. The lowest BCUT2D eigenvalue weighted by molar-refractivity contribution is -0.384. The molecule has 10 heteroatoms. The number of carbonyl (C=O) groups excluding carboxylic acids is 1. The van der Waals surface area contributed by atoms with Gasteiger partial charge in [-0.15, -0.1) is 0 Å². The molecule has 29 heavy (non-hydrogen) atoms. The van der Waals surface area contributed by atoms with Crippen molar-refractivity contribution in [1.82, 2.24) is 9.97 Å². The van der Waals surface area contributed by atoms with Crippen LogP contribution in [0, 0.1) is 10.1 Å². The Hall–Kier alpha value is -3.79. The molecule has 0 spiro atoms. The summed E-state index contributed by atoms with van der Waals surface area (Å²) in [5.74, 6) is -0.596. The van der Waals surface area contributed by atoms with Crippen molar-refractivity contribution in [3.8, 4) is 0 Å². The van der Waals surface area contributed by atoms with E-state index in [-0.39, 0.29) is 34.9 Å². The predicted molar refractivity (Wildman–Crippen MR) is 105 cm³/mol. The average molecular weight is 398 g/mol. The second kappa shape index (κ2) is 8.93. The molecule has 2 N–H and O–H groups in total. The van der Waals surface area contributed by atoms with E-state index in [9.17, 15) is 19.7 Å². The maximum absolute atomic E-state index is 12.3. The highest BCUT2D eigenvalue weighted by Gasteiger charge is 2.18. The minimum Gasteiger partial charge on any atom is -0.454 e. The number of benzene rings is 2. The van der Waals surface area contributed by atoms with E-state index in [1.807, 2.05) is 0 Å². The SMILES string of the molecule is COCCNc1ccc(C(=O)OCc2nc3ccccc3c(=O)[nH]2)cc1[N+](=O)[O-]. The normalized spacial score (nSPS) is 10.7. The van der Waals surface area contributed by atoms with E-state index in [0.717, 1.165) is 6.07 Å². The summed E-state index contributed by atoms with van der Waals surface area (Å²) in [4.78, 5) is 41.9. The Bertz CT molecular complexity index is 1110. The van der Waals surface area contributed by atoms with Crippen LogP contribution in [0.3, 0.4) is 0 Å². The van der Waals surface area contributed by atoms with Crippen LogP contribution in [0.25, 0.3) is 10.9 Å². The number of hydrogen-bond donors (Lipinski definition) is 2. The maximum atomic E-state index is 12.3. The first kappa shape index (κ1) is 20.0. The van der Waals surface area contributed by atoms with Gasteiger partial charge in [0, 0.05) is 19.7 Å². The molecule has 0 bridgehead atoms. The molecule has 0 amide bonds. The van der Waals surface area contributed by atoms with Gasteiger partial charge in [0.2, 0.25) is 0 Å². The van der Waals surface area contributed by atoms with Gasteiger partial charge in [-0.25, -0.2) is 9.78 Å². The third-order valence-corrected chi connectivity index (χ3v) is 4.05. The lowest BCUT2D eigenvalue weighted by Crippen LogP contribution is -2.15. The van der Waals surface area contributed by atoms with Crippen molar-refractivity contribution in [2.75, 3.05) is 25.6 Å². The number of rotatable bonds is 8. The lowest BCUT2D eigenvalue weighted by Gasteiger charge is -2.09. The molecule has 0 atom stereocenters. The highest BCUT2D eigenvalue weighted by atomic mass is 16.6. The second-order valence-corrected chi connectivity index (χ2v) is 6.01. The Labute approximate surface area is 164 Å². The van der Waals surface area contributed by atoms with Gasteiger partial charge < -0.3 is 19.8 Å². The summed E-state index contributed by atoms with van der Waals surface area (Å²) in [7, 11) is 1.52. The number of nitrogens with one attached hydrogen (secondary N) is 2. The quantitative estimate of drug-likeness (QED) is 0.255. The Kier molecular flexibility index (Phi) is 6.15. The number of H-pyrrole nitrogens is 1. The van der Waals surface area contributed by atoms with Crippen LogP contribution in [-0.2, 0) is 16.1 Å². The number of methoxy groups -OCH3 is 1. The number of fused-ring (bicyclic) bond motifs is 1. The number of aromatic amines is 1. The van der Waals surface area contributed by atoms with E-state index in [4.69, 9.17) is 9.47 Å². The number of para-hydroxylation sites is 1. The first-order valence-electron chi connectivity index (χ1n) is 8.66. The fraction of sp³-hybridized carbons (Fsp3) is 0.211. The van der Waals surface area contributed by atoms with Crippen molar-refractivity contribution in [2.24, 2.45) is 0 Å². The van der Waals surface area contributed by atoms with Gasteiger partial charge in [0.15, 0.2) is 0 Å². The molecule has 1 aromatic heterocycles. The number of nitrogens with zero attached hydrogens (tertiary/aromatic N) is 2. The van der Waals surface area contributed by atoms with Gasteiger partial charge in [0.25, 0.3) is 11.2 Å². The van der Waals surface area contributed by atoms with E-state index in [1.54, 1.807) is 24.3 Å². The fourth-order valence-electron chi connectivity index (χ4n) is 2.67. The van der Waals surface area contributed by atoms with E-state index in [1.165, 1.54) is 19.2 Å². The standard InChI is InChI=1S/C19H18N4O6/c1-28-9-8-20-15-7-6-12(10-16(15)23(26)27)19(25)29-11-17-21-14-5-3-2-4-13(14)18(24)22-17/h2-7,10,20H,8-9,11H2,1H3,(H,21,22,24). The number of carbonyl (C=O) groups is 1. The molecule has 0 aliphatic rings. The highest BCUT2D eigenvalue weighted by molar-refractivity contribution is 5.91. The molecule has 0 saturated carbocycles. The summed E-state index contributed by atoms with van der Waals surface area (Å²) in [6, 6.07) is 10.8. The summed E-state index contributed by atoms with van der Waals surface area (Å²) < 4.78 is 10.1. The zero-order valence-corrected chi connectivity index (χ0v) is 15.5. The number of aromatic nitrogens is 2. The third kappa shape index (κ3) is 4.74. The van der Waals surface area contributed by atoms with Crippen LogP contribution < -0.4 is 10.9 Å². The molecule has 0 aliphatic heterocycles. The van der Waals surface area contributed by atoms with Crippen molar-refractivity contribution in [2.45, 2.75) is 6.61 Å². The zero-order chi connectivity index (χ0) is 20.8.